The molecule has 0 saturated heterocycles. The van der Waals surface area contributed by atoms with Gasteiger partial charge in [0.05, 0.1) is 17.2 Å². The number of rotatable bonds is 8. The first-order chi connectivity index (χ1) is 13.1. The van der Waals surface area contributed by atoms with Crippen LogP contribution in [-0.4, -0.2) is 33.2 Å². The fourth-order valence-electron chi connectivity index (χ4n) is 2.37. The van der Waals surface area contributed by atoms with Gasteiger partial charge in [0.1, 0.15) is 5.82 Å². The van der Waals surface area contributed by atoms with E-state index < -0.39 is 0 Å². The maximum Gasteiger partial charge on any atom is 0.246 e. The molecule has 3 rings (SSSR count). The Bertz CT molecular complexity index is 882. The predicted molar refractivity (Wildman–Crippen MR) is 106 cm³/mol. The Morgan fingerprint density at radius 2 is 2.22 bits per heavy atom. The van der Waals surface area contributed by atoms with E-state index in [1.54, 1.807) is 17.0 Å². The second-order valence-corrected chi connectivity index (χ2v) is 7.93. The number of thioether (sulfide) groups is 1. The van der Waals surface area contributed by atoms with Crippen LogP contribution in [-0.2, 0) is 17.1 Å². The van der Waals surface area contributed by atoms with Gasteiger partial charge in [0.2, 0.25) is 17.6 Å². The van der Waals surface area contributed by atoms with E-state index in [0.29, 0.717) is 34.6 Å². The van der Waals surface area contributed by atoms with Gasteiger partial charge in [-0.1, -0.05) is 28.9 Å². The second-order valence-electron chi connectivity index (χ2n) is 5.59. The second kappa shape index (κ2) is 9.34. The van der Waals surface area contributed by atoms with Crippen LogP contribution in [0.1, 0.15) is 18.4 Å². The molecule has 2 aromatic heterocycles. The summed E-state index contributed by atoms with van der Waals surface area (Å²) >= 11 is 8.85. The molecule has 9 heteroatoms. The third-order valence-electron chi connectivity index (χ3n) is 3.80. The van der Waals surface area contributed by atoms with E-state index in [1.807, 2.05) is 24.4 Å². The molecule has 0 aliphatic carbocycles. The highest BCUT2D eigenvalue weighted by Gasteiger charge is 2.17. The van der Waals surface area contributed by atoms with Crippen LogP contribution in [0.5, 0.6) is 0 Å². The minimum Gasteiger partial charge on any atom is -0.337 e. The molecule has 0 fully saturated rings. The van der Waals surface area contributed by atoms with Crippen molar-refractivity contribution in [1.82, 2.24) is 15.0 Å². The molecular formula is C18H17ClFN3O2S2. The Morgan fingerprint density at radius 3 is 2.93 bits per heavy atom. The zero-order chi connectivity index (χ0) is 19.2. The van der Waals surface area contributed by atoms with Gasteiger partial charge in [0, 0.05) is 22.9 Å². The number of nitrogens with zero attached hydrogens (tertiary/aromatic N) is 3. The molecule has 142 valence electrons. The van der Waals surface area contributed by atoms with Crippen molar-refractivity contribution in [3.8, 4) is 10.7 Å². The summed E-state index contributed by atoms with van der Waals surface area (Å²) in [5, 5.41) is 6.26. The van der Waals surface area contributed by atoms with E-state index >= 15 is 0 Å². The van der Waals surface area contributed by atoms with Crippen LogP contribution in [0, 0.1) is 5.82 Å². The van der Waals surface area contributed by atoms with Crippen LogP contribution in [0.15, 0.2) is 40.2 Å². The lowest BCUT2D eigenvalue weighted by molar-refractivity contribution is -0.129. The fourth-order valence-corrected chi connectivity index (χ4v) is 4.28. The number of carbonyl (C=O) groups excluding carboxylic acids is 1. The Kier molecular flexibility index (Phi) is 6.87. The molecule has 0 N–H and O–H groups in total. The molecule has 27 heavy (non-hydrogen) atoms. The van der Waals surface area contributed by atoms with Crippen molar-refractivity contribution >= 4 is 40.6 Å². The van der Waals surface area contributed by atoms with Crippen LogP contribution in [0.25, 0.3) is 10.7 Å². The van der Waals surface area contributed by atoms with E-state index in [2.05, 4.69) is 10.1 Å². The van der Waals surface area contributed by atoms with Crippen LogP contribution in [0.3, 0.4) is 0 Å². The van der Waals surface area contributed by atoms with Gasteiger partial charge >= 0.3 is 0 Å². The molecule has 0 atom stereocenters. The normalized spacial score (nSPS) is 10.9. The highest BCUT2D eigenvalue weighted by molar-refractivity contribution is 7.99. The van der Waals surface area contributed by atoms with Crippen molar-refractivity contribution in [1.29, 1.82) is 0 Å². The monoisotopic (exact) mass is 425 g/mol. The molecule has 0 spiro atoms. The number of halogens is 2. The summed E-state index contributed by atoms with van der Waals surface area (Å²) in [6.07, 6.45) is 0. The maximum absolute atomic E-state index is 13.8. The molecule has 0 unspecified atom stereocenters. The highest BCUT2D eigenvalue weighted by atomic mass is 35.5. The van der Waals surface area contributed by atoms with Crippen molar-refractivity contribution in [3.63, 3.8) is 0 Å². The Hall–Kier alpha value is -1.90. The van der Waals surface area contributed by atoms with Gasteiger partial charge in [-0.25, -0.2) is 4.39 Å². The number of benzene rings is 1. The molecule has 0 saturated carbocycles. The summed E-state index contributed by atoms with van der Waals surface area (Å²) in [5.41, 5.74) is 0.414. The largest absolute Gasteiger partial charge is 0.337 e. The molecule has 3 aromatic rings. The number of amides is 1. The minimum absolute atomic E-state index is 0.0779. The lowest BCUT2D eigenvalue weighted by Crippen LogP contribution is -2.31. The zero-order valence-electron chi connectivity index (χ0n) is 14.5. The number of hydrogen-bond donors (Lipinski definition) is 0. The quantitative estimate of drug-likeness (QED) is 0.515. The van der Waals surface area contributed by atoms with Crippen molar-refractivity contribution in [3.05, 3.63) is 58.0 Å². The van der Waals surface area contributed by atoms with E-state index in [4.69, 9.17) is 16.1 Å². The van der Waals surface area contributed by atoms with Crippen LogP contribution >= 0.6 is 34.7 Å². The summed E-state index contributed by atoms with van der Waals surface area (Å²) in [6, 6.07) is 8.39. The van der Waals surface area contributed by atoms with Gasteiger partial charge in [0.25, 0.3) is 0 Å². The van der Waals surface area contributed by atoms with Crippen LogP contribution in [0.4, 0.5) is 4.39 Å². The molecule has 0 radical (unpaired) electrons. The summed E-state index contributed by atoms with van der Waals surface area (Å²) in [5.74, 6) is 1.01. The first kappa shape index (κ1) is 19.9. The summed E-state index contributed by atoms with van der Waals surface area (Å²) in [7, 11) is 0. The van der Waals surface area contributed by atoms with Crippen molar-refractivity contribution in [2.45, 2.75) is 19.2 Å². The van der Waals surface area contributed by atoms with Gasteiger partial charge in [-0.15, -0.1) is 23.1 Å². The molecule has 2 heterocycles. The van der Waals surface area contributed by atoms with Crippen LogP contribution in [0.2, 0.25) is 5.02 Å². The topological polar surface area (TPSA) is 59.2 Å². The van der Waals surface area contributed by atoms with Gasteiger partial charge in [-0.2, -0.15) is 4.98 Å². The number of thiophene rings is 1. The van der Waals surface area contributed by atoms with E-state index in [9.17, 15) is 9.18 Å². The molecule has 1 amide bonds. The highest BCUT2D eigenvalue weighted by Crippen LogP contribution is 2.24. The van der Waals surface area contributed by atoms with E-state index in [-0.39, 0.29) is 24.0 Å². The Balaban J connectivity index is 1.55. The molecule has 1 aromatic carbocycles. The first-order valence-electron chi connectivity index (χ1n) is 8.23. The van der Waals surface area contributed by atoms with Gasteiger partial charge in [-0.05, 0) is 30.5 Å². The molecule has 0 aliphatic rings. The van der Waals surface area contributed by atoms with Gasteiger partial charge in [0.15, 0.2) is 0 Å². The lowest BCUT2D eigenvalue weighted by atomic mass is 10.2. The van der Waals surface area contributed by atoms with Gasteiger partial charge < -0.3 is 9.42 Å². The SMILES string of the molecule is CCN(Cc1nc(-c2cccs2)no1)C(=O)CSCc1c(F)cccc1Cl. The molecular weight excluding hydrogens is 409 g/mol. The summed E-state index contributed by atoms with van der Waals surface area (Å²) in [4.78, 5) is 19.3. The average Bonchev–Trinajstić information content (AvgIpc) is 3.33. The number of carbonyl (C=O) groups is 1. The van der Waals surface area contributed by atoms with Gasteiger partial charge in [-0.3, -0.25) is 4.79 Å². The minimum atomic E-state index is -0.359. The first-order valence-corrected chi connectivity index (χ1v) is 10.6. The van der Waals surface area contributed by atoms with Crippen molar-refractivity contribution < 1.29 is 13.7 Å². The van der Waals surface area contributed by atoms with Crippen molar-refractivity contribution in [2.24, 2.45) is 0 Å². The summed E-state index contributed by atoms with van der Waals surface area (Å²) in [6.45, 7) is 2.64. The third-order valence-corrected chi connectivity index (χ3v) is 5.97. The van der Waals surface area contributed by atoms with E-state index in [1.165, 1.54) is 29.2 Å². The maximum atomic E-state index is 13.8. The average molecular weight is 426 g/mol. The van der Waals surface area contributed by atoms with E-state index in [0.717, 1.165) is 4.88 Å². The summed E-state index contributed by atoms with van der Waals surface area (Å²) < 4.78 is 19.0. The smallest absolute Gasteiger partial charge is 0.246 e. The molecule has 0 bridgehead atoms. The Morgan fingerprint density at radius 1 is 1.37 bits per heavy atom. The number of hydrogen-bond acceptors (Lipinski definition) is 6. The predicted octanol–water partition coefficient (Wildman–Crippen LogP) is 4.87. The Labute approximate surface area is 169 Å². The molecule has 0 aliphatic heterocycles. The lowest BCUT2D eigenvalue weighted by Gasteiger charge is -2.18. The number of aromatic nitrogens is 2. The zero-order valence-corrected chi connectivity index (χ0v) is 16.9. The van der Waals surface area contributed by atoms with Crippen LogP contribution < -0.4 is 0 Å². The fraction of sp³-hybridized carbons (Fsp3) is 0.278. The van der Waals surface area contributed by atoms with Crippen molar-refractivity contribution in [2.75, 3.05) is 12.3 Å². The standard InChI is InChI=1S/C18H17ClFN3O2S2/c1-2-23(9-16-21-18(22-25-16)15-7-4-8-27-15)17(24)11-26-10-12-13(19)5-3-6-14(12)20/h3-8H,2,9-11H2,1H3. The third kappa shape index (κ3) is 5.09. The molecule has 5 nitrogen and oxygen atoms in total.